The molecule has 0 unspecified atom stereocenters. The molecule has 0 spiro atoms. The molecule has 2 aromatic rings. The molecule has 0 aliphatic heterocycles. The van der Waals surface area contributed by atoms with Crippen molar-refractivity contribution in [3.63, 3.8) is 0 Å². The Morgan fingerprint density at radius 2 is 2.35 bits per heavy atom. The molecule has 0 saturated heterocycles. The van der Waals surface area contributed by atoms with Crippen LogP contribution in [0, 0.1) is 6.92 Å². The number of nitrogens with one attached hydrogen (secondary N) is 2. The number of amides is 1. The van der Waals surface area contributed by atoms with Crippen molar-refractivity contribution in [1.82, 2.24) is 15.2 Å². The molecule has 2 rings (SSSR count). The van der Waals surface area contributed by atoms with Gasteiger partial charge in [-0.2, -0.15) is 5.10 Å². The second-order valence-electron chi connectivity index (χ2n) is 3.44. The van der Waals surface area contributed by atoms with Crippen LogP contribution < -0.4 is 5.32 Å². The van der Waals surface area contributed by atoms with Gasteiger partial charge in [-0.05, 0) is 25.3 Å². The number of aromatic amines is 1. The van der Waals surface area contributed by atoms with Gasteiger partial charge in [0.05, 0.1) is 11.8 Å². The maximum Gasteiger partial charge on any atom is 0.259 e. The van der Waals surface area contributed by atoms with Crippen molar-refractivity contribution >= 4 is 23.5 Å². The Labute approximate surface area is 103 Å². The second-order valence-corrected chi connectivity index (χ2v) is 4.24. The summed E-state index contributed by atoms with van der Waals surface area (Å²) >= 11 is 1.44. The van der Waals surface area contributed by atoms with Crippen LogP contribution in [0.25, 0.3) is 0 Å². The third kappa shape index (κ3) is 2.47. The fourth-order valence-corrected chi connectivity index (χ4v) is 1.93. The summed E-state index contributed by atoms with van der Waals surface area (Å²) in [4.78, 5) is 16.2. The Balaban J connectivity index is 2.23. The van der Waals surface area contributed by atoms with Crippen molar-refractivity contribution in [3.8, 4) is 0 Å². The molecule has 0 aliphatic carbocycles. The van der Waals surface area contributed by atoms with Crippen molar-refractivity contribution < 1.29 is 4.79 Å². The molecule has 5 nitrogen and oxygen atoms in total. The Hall–Kier alpha value is -1.82. The van der Waals surface area contributed by atoms with Crippen molar-refractivity contribution in [1.29, 1.82) is 0 Å². The van der Waals surface area contributed by atoms with E-state index in [1.807, 2.05) is 13.2 Å². The maximum atomic E-state index is 12.0. The molecule has 2 heterocycles. The van der Waals surface area contributed by atoms with E-state index in [9.17, 15) is 4.79 Å². The first-order chi connectivity index (χ1) is 8.22. The molecule has 88 valence electrons. The smallest absolute Gasteiger partial charge is 0.259 e. The molecule has 0 aromatic carbocycles. The number of aryl methyl sites for hydroxylation is 1. The lowest BCUT2D eigenvalue weighted by Crippen LogP contribution is -2.14. The monoisotopic (exact) mass is 248 g/mol. The first kappa shape index (κ1) is 11.7. The van der Waals surface area contributed by atoms with Crippen molar-refractivity contribution in [2.24, 2.45) is 0 Å². The highest BCUT2D eigenvalue weighted by molar-refractivity contribution is 7.98. The summed E-state index contributed by atoms with van der Waals surface area (Å²) in [6.45, 7) is 1.87. The van der Waals surface area contributed by atoms with Crippen molar-refractivity contribution in [2.75, 3.05) is 11.6 Å². The minimum atomic E-state index is -0.185. The van der Waals surface area contributed by atoms with Gasteiger partial charge >= 0.3 is 0 Å². The summed E-state index contributed by atoms with van der Waals surface area (Å²) in [6.07, 6.45) is 5.22. The number of hydrogen-bond donors (Lipinski definition) is 2. The highest BCUT2D eigenvalue weighted by atomic mass is 32.2. The van der Waals surface area contributed by atoms with Crippen LogP contribution in [0.3, 0.4) is 0 Å². The minimum absolute atomic E-state index is 0.185. The van der Waals surface area contributed by atoms with Crippen LogP contribution >= 0.6 is 11.8 Å². The van der Waals surface area contributed by atoms with Crippen LogP contribution in [0.1, 0.15) is 15.9 Å². The summed E-state index contributed by atoms with van der Waals surface area (Å²) in [7, 11) is 0. The number of pyridine rings is 1. The first-order valence-corrected chi connectivity index (χ1v) is 6.25. The highest BCUT2D eigenvalue weighted by Gasteiger charge is 2.13. The molecule has 0 radical (unpaired) electrons. The van der Waals surface area contributed by atoms with Gasteiger partial charge in [0.25, 0.3) is 5.91 Å². The summed E-state index contributed by atoms with van der Waals surface area (Å²) in [5, 5.41) is 10.1. The molecule has 0 saturated carbocycles. The molecule has 0 atom stereocenters. The van der Waals surface area contributed by atoms with Gasteiger partial charge in [0.2, 0.25) is 0 Å². The average molecular weight is 248 g/mol. The molecular formula is C11H12N4OS. The molecule has 0 aliphatic rings. The van der Waals surface area contributed by atoms with Crippen LogP contribution in [-0.2, 0) is 0 Å². The van der Waals surface area contributed by atoms with E-state index in [0.29, 0.717) is 16.4 Å². The predicted octanol–water partition coefficient (Wildman–Crippen LogP) is 2.09. The number of H-pyrrole nitrogens is 1. The number of carbonyl (C=O) groups excluding carboxylic acids is 1. The van der Waals surface area contributed by atoms with E-state index >= 15 is 0 Å². The minimum Gasteiger partial charge on any atom is -0.307 e. The van der Waals surface area contributed by atoms with Crippen LogP contribution in [-0.4, -0.2) is 27.3 Å². The number of nitrogens with zero attached hydrogens (tertiary/aromatic N) is 2. The number of rotatable bonds is 3. The summed E-state index contributed by atoms with van der Waals surface area (Å²) in [5.74, 6) is 0.431. The van der Waals surface area contributed by atoms with Crippen LogP contribution in [0.2, 0.25) is 0 Å². The summed E-state index contributed by atoms with van der Waals surface area (Å²) in [6, 6.07) is 3.49. The van der Waals surface area contributed by atoms with Gasteiger partial charge in [0.15, 0.2) is 0 Å². The SMILES string of the molecule is CSc1ncccc1C(=O)Nc1[nH]ncc1C. The van der Waals surface area contributed by atoms with E-state index in [4.69, 9.17) is 0 Å². The molecule has 17 heavy (non-hydrogen) atoms. The van der Waals surface area contributed by atoms with Crippen molar-refractivity contribution in [3.05, 3.63) is 35.7 Å². The Morgan fingerprint density at radius 3 is 3.00 bits per heavy atom. The van der Waals surface area contributed by atoms with Gasteiger partial charge in [-0.3, -0.25) is 9.89 Å². The van der Waals surface area contributed by atoms with Gasteiger partial charge in [0, 0.05) is 11.8 Å². The van der Waals surface area contributed by atoms with E-state index in [1.165, 1.54) is 11.8 Å². The Bertz CT molecular complexity index is 538. The molecule has 2 aromatic heterocycles. The predicted molar refractivity (Wildman–Crippen MR) is 67.3 cm³/mol. The molecule has 6 heteroatoms. The second kappa shape index (κ2) is 5.01. The number of hydrogen-bond acceptors (Lipinski definition) is 4. The molecule has 2 N–H and O–H groups in total. The molecule has 0 fully saturated rings. The lowest BCUT2D eigenvalue weighted by atomic mass is 10.2. The first-order valence-electron chi connectivity index (χ1n) is 5.02. The molecular weight excluding hydrogens is 236 g/mol. The van der Waals surface area contributed by atoms with Crippen LogP contribution in [0.4, 0.5) is 5.82 Å². The fraction of sp³-hybridized carbons (Fsp3) is 0.182. The van der Waals surface area contributed by atoms with E-state index in [0.717, 1.165) is 5.56 Å². The molecule has 1 amide bonds. The lowest BCUT2D eigenvalue weighted by molar-refractivity contribution is 0.102. The zero-order chi connectivity index (χ0) is 12.3. The largest absolute Gasteiger partial charge is 0.307 e. The third-order valence-electron chi connectivity index (χ3n) is 2.28. The van der Waals surface area contributed by atoms with E-state index in [2.05, 4.69) is 20.5 Å². The third-order valence-corrected chi connectivity index (χ3v) is 2.99. The van der Waals surface area contributed by atoms with E-state index in [-0.39, 0.29) is 5.91 Å². The Kier molecular flexibility index (Phi) is 3.43. The van der Waals surface area contributed by atoms with Crippen LogP contribution in [0.5, 0.6) is 0 Å². The van der Waals surface area contributed by atoms with Gasteiger partial charge in [-0.15, -0.1) is 11.8 Å². The average Bonchev–Trinajstić information content (AvgIpc) is 2.75. The summed E-state index contributed by atoms with van der Waals surface area (Å²) < 4.78 is 0. The van der Waals surface area contributed by atoms with Crippen molar-refractivity contribution in [2.45, 2.75) is 11.9 Å². The highest BCUT2D eigenvalue weighted by Crippen LogP contribution is 2.18. The maximum absolute atomic E-state index is 12.0. The van der Waals surface area contributed by atoms with Gasteiger partial charge in [-0.25, -0.2) is 4.98 Å². The number of anilines is 1. The quantitative estimate of drug-likeness (QED) is 0.816. The van der Waals surface area contributed by atoms with E-state index < -0.39 is 0 Å². The fourth-order valence-electron chi connectivity index (χ4n) is 1.38. The zero-order valence-electron chi connectivity index (χ0n) is 9.52. The number of thioether (sulfide) groups is 1. The van der Waals surface area contributed by atoms with Gasteiger partial charge in [0.1, 0.15) is 10.8 Å². The van der Waals surface area contributed by atoms with Gasteiger partial charge in [-0.1, -0.05) is 0 Å². The normalized spacial score (nSPS) is 10.2. The summed E-state index contributed by atoms with van der Waals surface area (Å²) in [5.41, 5.74) is 1.46. The number of aromatic nitrogens is 3. The standard InChI is InChI=1S/C11H12N4OS/c1-7-6-13-15-9(7)14-10(16)8-4-3-5-12-11(8)17-2/h3-6H,1-2H3,(H2,13,14,15,16). The molecule has 0 bridgehead atoms. The van der Waals surface area contributed by atoms with Crippen LogP contribution in [0.15, 0.2) is 29.6 Å². The van der Waals surface area contributed by atoms with Gasteiger partial charge < -0.3 is 5.32 Å². The lowest BCUT2D eigenvalue weighted by Gasteiger charge is -2.06. The zero-order valence-corrected chi connectivity index (χ0v) is 10.3. The van der Waals surface area contributed by atoms with E-state index in [1.54, 1.807) is 24.5 Å². The number of carbonyl (C=O) groups is 1. The Morgan fingerprint density at radius 1 is 1.53 bits per heavy atom. The topological polar surface area (TPSA) is 70.7 Å².